The van der Waals surface area contributed by atoms with Gasteiger partial charge in [0.05, 0.1) is 11.6 Å². The first kappa shape index (κ1) is 18.1. The molecule has 0 aliphatic heterocycles. The smallest absolute Gasteiger partial charge is 0.234 e. The lowest BCUT2D eigenvalue weighted by Gasteiger charge is -2.30. The van der Waals surface area contributed by atoms with Crippen molar-refractivity contribution < 1.29 is 9.53 Å². The number of amides is 1. The van der Waals surface area contributed by atoms with Crippen molar-refractivity contribution in [2.24, 2.45) is 5.92 Å². The van der Waals surface area contributed by atoms with Gasteiger partial charge in [-0.2, -0.15) is 0 Å². The maximum Gasteiger partial charge on any atom is 0.234 e. The van der Waals surface area contributed by atoms with Gasteiger partial charge in [-0.05, 0) is 37.9 Å². The van der Waals surface area contributed by atoms with Gasteiger partial charge in [-0.25, -0.2) is 0 Å². The number of likely N-dealkylation sites (N-methyl/N-ethyl adjacent to an activating group) is 1. The molecule has 1 N–H and O–H groups in total. The number of hydrogen-bond acceptors (Lipinski definition) is 3. The number of carbonyl (C=O) groups excluding carboxylic acids is 1. The lowest BCUT2D eigenvalue weighted by Crippen LogP contribution is -2.45. The summed E-state index contributed by atoms with van der Waals surface area (Å²) in [6.07, 6.45) is 4.82. The fourth-order valence-corrected chi connectivity index (χ4v) is 3.17. The zero-order chi connectivity index (χ0) is 16.7. The Morgan fingerprint density at radius 1 is 1.35 bits per heavy atom. The minimum Gasteiger partial charge on any atom is -0.491 e. The highest BCUT2D eigenvalue weighted by Crippen LogP contribution is 2.24. The molecule has 2 atom stereocenters. The summed E-state index contributed by atoms with van der Waals surface area (Å²) < 4.78 is 5.65. The largest absolute Gasteiger partial charge is 0.491 e. The lowest BCUT2D eigenvalue weighted by molar-refractivity contribution is -0.123. The first-order valence-electron chi connectivity index (χ1n) is 8.41. The van der Waals surface area contributed by atoms with Gasteiger partial charge in [-0.3, -0.25) is 9.69 Å². The molecule has 1 saturated carbocycles. The van der Waals surface area contributed by atoms with Crippen LogP contribution in [-0.2, 0) is 4.79 Å². The summed E-state index contributed by atoms with van der Waals surface area (Å²) in [6, 6.07) is 7.75. The van der Waals surface area contributed by atoms with Crippen LogP contribution in [-0.4, -0.2) is 43.6 Å². The fourth-order valence-electron chi connectivity index (χ4n) is 2.98. The molecular formula is C18H27ClN2O2. The number of nitrogens with one attached hydrogen (secondary N) is 1. The van der Waals surface area contributed by atoms with E-state index < -0.39 is 0 Å². The van der Waals surface area contributed by atoms with E-state index in [4.69, 9.17) is 16.3 Å². The highest BCUT2D eigenvalue weighted by atomic mass is 35.5. The number of rotatable bonds is 7. The molecule has 128 valence electrons. The lowest BCUT2D eigenvalue weighted by atomic mass is 9.86. The van der Waals surface area contributed by atoms with Crippen LogP contribution in [0.4, 0.5) is 0 Å². The molecule has 0 unspecified atom stereocenters. The Morgan fingerprint density at radius 2 is 2.09 bits per heavy atom. The zero-order valence-corrected chi connectivity index (χ0v) is 14.8. The van der Waals surface area contributed by atoms with E-state index in [1.807, 2.05) is 30.1 Å². The van der Waals surface area contributed by atoms with Gasteiger partial charge < -0.3 is 10.1 Å². The van der Waals surface area contributed by atoms with Crippen LogP contribution in [0.5, 0.6) is 5.75 Å². The van der Waals surface area contributed by atoms with Crippen LogP contribution in [0.3, 0.4) is 0 Å². The standard InChI is InChI=1S/C18H27ClN2O2/c1-14-7-3-5-9-16(14)20-18(22)13-21(2)11-12-23-17-10-6-4-8-15(17)19/h4,6,8,10,14,16H,3,5,7,9,11-13H2,1-2H3,(H,20,22)/t14-,16+/m0/s1. The third-order valence-electron chi connectivity index (χ3n) is 4.44. The summed E-state index contributed by atoms with van der Waals surface area (Å²) in [5.41, 5.74) is 0. The monoisotopic (exact) mass is 338 g/mol. The van der Waals surface area contributed by atoms with E-state index in [1.165, 1.54) is 19.3 Å². The molecule has 1 aromatic rings. The van der Waals surface area contributed by atoms with E-state index in [0.29, 0.717) is 42.4 Å². The highest BCUT2D eigenvalue weighted by molar-refractivity contribution is 6.32. The van der Waals surface area contributed by atoms with Gasteiger partial charge in [0.1, 0.15) is 12.4 Å². The SMILES string of the molecule is C[C@H]1CCCC[C@H]1NC(=O)CN(C)CCOc1ccccc1Cl. The van der Waals surface area contributed by atoms with Crippen molar-refractivity contribution in [1.82, 2.24) is 10.2 Å². The molecule has 0 heterocycles. The summed E-state index contributed by atoms with van der Waals surface area (Å²) in [7, 11) is 1.93. The number of nitrogens with zero attached hydrogens (tertiary/aromatic N) is 1. The van der Waals surface area contributed by atoms with Crippen LogP contribution < -0.4 is 10.1 Å². The molecule has 1 aromatic carbocycles. The molecule has 0 bridgehead atoms. The van der Waals surface area contributed by atoms with Crippen molar-refractivity contribution >= 4 is 17.5 Å². The molecule has 0 spiro atoms. The zero-order valence-electron chi connectivity index (χ0n) is 14.1. The Balaban J connectivity index is 1.66. The summed E-state index contributed by atoms with van der Waals surface area (Å²) in [5, 5.41) is 3.78. The van der Waals surface area contributed by atoms with Crippen molar-refractivity contribution in [3.8, 4) is 5.75 Å². The minimum atomic E-state index is 0.101. The second-order valence-electron chi connectivity index (χ2n) is 6.45. The topological polar surface area (TPSA) is 41.6 Å². The minimum absolute atomic E-state index is 0.101. The van der Waals surface area contributed by atoms with E-state index in [9.17, 15) is 4.79 Å². The van der Waals surface area contributed by atoms with Crippen LogP contribution in [0.15, 0.2) is 24.3 Å². The Morgan fingerprint density at radius 3 is 2.83 bits per heavy atom. The normalized spacial score (nSPS) is 21.2. The Bertz CT molecular complexity index is 510. The Labute approximate surface area is 144 Å². The quantitative estimate of drug-likeness (QED) is 0.829. The first-order valence-corrected chi connectivity index (χ1v) is 8.79. The van der Waals surface area contributed by atoms with Crippen LogP contribution >= 0.6 is 11.6 Å². The van der Waals surface area contributed by atoms with E-state index in [-0.39, 0.29) is 5.91 Å². The fraction of sp³-hybridized carbons (Fsp3) is 0.611. The first-order chi connectivity index (χ1) is 11.1. The summed E-state index contributed by atoms with van der Waals surface area (Å²) in [6.45, 7) is 3.81. The third-order valence-corrected chi connectivity index (χ3v) is 4.75. The molecule has 1 fully saturated rings. The van der Waals surface area contributed by atoms with Gasteiger partial charge in [0.25, 0.3) is 0 Å². The van der Waals surface area contributed by atoms with E-state index in [1.54, 1.807) is 6.07 Å². The van der Waals surface area contributed by atoms with Crippen molar-refractivity contribution in [3.63, 3.8) is 0 Å². The average molecular weight is 339 g/mol. The summed E-state index contributed by atoms with van der Waals surface area (Å²) in [5.74, 6) is 1.37. The maximum atomic E-state index is 12.1. The van der Waals surface area contributed by atoms with E-state index >= 15 is 0 Å². The molecule has 0 radical (unpaired) electrons. The van der Waals surface area contributed by atoms with Gasteiger partial charge >= 0.3 is 0 Å². The molecular weight excluding hydrogens is 312 g/mol. The summed E-state index contributed by atoms with van der Waals surface area (Å²) in [4.78, 5) is 14.1. The number of halogens is 1. The molecule has 1 amide bonds. The molecule has 0 aromatic heterocycles. The van der Waals surface area contributed by atoms with Gasteiger partial charge in [0.2, 0.25) is 5.91 Å². The molecule has 1 aliphatic carbocycles. The van der Waals surface area contributed by atoms with Gasteiger partial charge in [-0.1, -0.05) is 43.5 Å². The van der Waals surface area contributed by atoms with Crippen molar-refractivity contribution in [3.05, 3.63) is 29.3 Å². The number of benzene rings is 1. The van der Waals surface area contributed by atoms with Gasteiger partial charge in [-0.15, -0.1) is 0 Å². The second kappa shape index (κ2) is 9.14. The Kier molecular flexibility index (Phi) is 7.18. The number of ether oxygens (including phenoxy) is 1. The molecule has 4 nitrogen and oxygen atoms in total. The van der Waals surface area contributed by atoms with Gasteiger partial charge in [0, 0.05) is 12.6 Å². The highest BCUT2D eigenvalue weighted by Gasteiger charge is 2.22. The van der Waals surface area contributed by atoms with Crippen LogP contribution in [0, 0.1) is 5.92 Å². The molecule has 2 rings (SSSR count). The number of hydrogen-bond donors (Lipinski definition) is 1. The van der Waals surface area contributed by atoms with Crippen molar-refractivity contribution in [1.29, 1.82) is 0 Å². The average Bonchev–Trinajstić information content (AvgIpc) is 2.51. The molecule has 1 aliphatic rings. The molecule has 23 heavy (non-hydrogen) atoms. The van der Waals surface area contributed by atoms with Crippen LogP contribution in [0.1, 0.15) is 32.6 Å². The predicted molar refractivity (Wildman–Crippen MR) is 94.0 cm³/mol. The van der Waals surface area contributed by atoms with Crippen molar-refractivity contribution in [2.75, 3.05) is 26.7 Å². The third kappa shape index (κ3) is 6.04. The summed E-state index contributed by atoms with van der Waals surface area (Å²) >= 11 is 6.04. The Hall–Kier alpha value is -1.26. The second-order valence-corrected chi connectivity index (χ2v) is 6.86. The maximum absolute atomic E-state index is 12.1. The van der Waals surface area contributed by atoms with E-state index in [2.05, 4.69) is 12.2 Å². The van der Waals surface area contributed by atoms with Crippen molar-refractivity contribution in [2.45, 2.75) is 38.6 Å². The number of carbonyl (C=O) groups is 1. The molecule has 0 saturated heterocycles. The van der Waals surface area contributed by atoms with Gasteiger partial charge in [0.15, 0.2) is 0 Å². The van der Waals surface area contributed by atoms with Crippen LogP contribution in [0.2, 0.25) is 5.02 Å². The predicted octanol–water partition coefficient (Wildman–Crippen LogP) is 3.35. The van der Waals surface area contributed by atoms with E-state index in [0.717, 1.165) is 6.42 Å². The van der Waals surface area contributed by atoms with Crippen LogP contribution in [0.25, 0.3) is 0 Å². The number of para-hydroxylation sites is 1. The molecule has 5 heteroatoms.